The number of ether oxygens (including phenoxy) is 1. The Morgan fingerprint density at radius 1 is 0.690 bits per heavy atom. The number of hydrogen-bond acceptors (Lipinski definition) is 8. The number of para-hydroxylation sites is 1. The summed E-state index contributed by atoms with van der Waals surface area (Å²) in [4.78, 5) is 41.1. The Morgan fingerprint density at radius 3 is 1.64 bits per heavy atom. The number of amides is 3. The second kappa shape index (κ2) is 21.8. The first-order valence-electron chi connectivity index (χ1n) is 19.4. The van der Waals surface area contributed by atoms with E-state index in [1.54, 1.807) is 30.3 Å². The third-order valence-electron chi connectivity index (χ3n) is 9.53. The molecule has 0 bridgehead atoms. The number of benzene rings is 5. The maximum absolute atomic E-state index is 15.5. The van der Waals surface area contributed by atoms with Gasteiger partial charge in [0.1, 0.15) is 24.2 Å². The third-order valence-corrected chi connectivity index (χ3v) is 11.7. The lowest BCUT2D eigenvalue weighted by Crippen LogP contribution is -2.59. The summed E-state index contributed by atoms with van der Waals surface area (Å²) in [7, 11) is -4.22. The third kappa shape index (κ3) is 13.0. The summed E-state index contributed by atoms with van der Waals surface area (Å²) in [5.41, 5.74) is 9.74. The van der Waals surface area contributed by atoms with Crippen LogP contribution in [0.15, 0.2) is 146 Å². The van der Waals surface area contributed by atoms with E-state index in [2.05, 4.69) is 5.32 Å². The van der Waals surface area contributed by atoms with Crippen LogP contribution in [0.2, 0.25) is 0 Å². The van der Waals surface area contributed by atoms with Gasteiger partial charge in [-0.2, -0.15) is 0 Å². The number of urea groups is 1. The molecular formula is C46H52N3O8P. The van der Waals surface area contributed by atoms with E-state index in [1.165, 1.54) is 0 Å². The number of nitrogens with one attached hydrogen (secondary N) is 1. The fraction of sp³-hybridized carbons (Fsp3) is 0.283. The highest BCUT2D eigenvalue weighted by Crippen LogP contribution is 2.55. The normalized spacial score (nSPS) is 13.0. The summed E-state index contributed by atoms with van der Waals surface area (Å²) in [6.45, 7) is 4.00. The zero-order valence-electron chi connectivity index (χ0n) is 32.9. The highest BCUT2D eigenvalue weighted by molar-refractivity contribution is 7.54. The molecule has 0 saturated carbocycles. The maximum atomic E-state index is 15.5. The molecule has 3 amide bonds. The van der Waals surface area contributed by atoms with Gasteiger partial charge in [-0.05, 0) is 59.1 Å². The minimum atomic E-state index is -4.22. The van der Waals surface area contributed by atoms with Crippen molar-refractivity contribution >= 4 is 25.5 Å². The Hall–Kier alpha value is -5.58. The molecular weight excluding hydrogens is 753 g/mol. The number of imide groups is 1. The quantitative estimate of drug-likeness (QED) is 0.0582. The average molecular weight is 806 g/mol. The topological polar surface area (TPSA) is 157 Å². The van der Waals surface area contributed by atoms with E-state index in [1.807, 2.05) is 129 Å². The first-order valence-corrected chi connectivity index (χ1v) is 21.0. The van der Waals surface area contributed by atoms with Crippen LogP contribution in [0.3, 0.4) is 0 Å². The van der Waals surface area contributed by atoms with Crippen molar-refractivity contribution in [1.29, 1.82) is 0 Å². The monoisotopic (exact) mass is 805 g/mol. The molecule has 11 nitrogen and oxygen atoms in total. The van der Waals surface area contributed by atoms with Crippen molar-refractivity contribution in [2.24, 2.45) is 11.7 Å². The van der Waals surface area contributed by atoms with E-state index in [9.17, 15) is 19.5 Å². The molecule has 0 aliphatic carbocycles. The van der Waals surface area contributed by atoms with E-state index >= 15 is 4.57 Å². The average Bonchev–Trinajstić information content (AvgIpc) is 3.23. The molecule has 0 aliphatic heterocycles. The number of carbonyl (C=O) groups excluding carboxylic acids is 2. The van der Waals surface area contributed by atoms with Crippen LogP contribution in [0.5, 0.6) is 5.75 Å². The molecule has 3 atom stereocenters. The Labute approximate surface area is 340 Å². The van der Waals surface area contributed by atoms with Gasteiger partial charge in [-0.3, -0.25) is 14.7 Å². The smallest absolute Gasteiger partial charge is 0.348 e. The molecule has 304 valence electrons. The fourth-order valence-electron chi connectivity index (χ4n) is 6.56. The number of aryl methyl sites for hydroxylation is 1. The molecule has 5 aromatic carbocycles. The number of hydrogen-bond donors (Lipinski definition) is 3. The number of carboxylic acids is 1. The summed E-state index contributed by atoms with van der Waals surface area (Å²) < 4.78 is 34.3. The predicted molar refractivity (Wildman–Crippen MR) is 224 cm³/mol. The molecule has 0 heterocycles. The SMILES string of the molecule is CC(C)C[C@H](NC(CCc1ccccc1OCc1ccccc1)P(=O)(OCc1ccccc1)OCc1ccccc1)C(=O)N(C(N)=O)[C@@H](Cc1ccccc1)C(=O)O. The van der Waals surface area contributed by atoms with E-state index in [0.29, 0.717) is 29.2 Å². The van der Waals surface area contributed by atoms with Crippen molar-refractivity contribution in [2.45, 2.75) is 77.2 Å². The molecule has 58 heavy (non-hydrogen) atoms. The van der Waals surface area contributed by atoms with Gasteiger partial charge < -0.3 is 24.6 Å². The van der Waals surface area contributed by atoms with Crippen LogP contribution < -0.4 is 15.8 Å². The van der Waals surface area contributed by atoms with Crippen molar-refractivity contribution in [2.75, 3.05) is 0 Å². The number of carboxylic acid groups (broad SMARTS) is 1. The summed E-state index contributed by atoms with van der Waals surface area (Å²) in [5.74, 6) is -2.88. The van der Waals surface area contributed by atoms with Gasteiger partial charge in [0.2, 0.25) is 5.91 Å². The van der Waals surface area contributed by atoms with Gasteiger partial charge in [-0.25, -0.2) is 14.5 Å². The Bertz CT molecular complexity index is 2040. The molecule has 0 aliphatic rings. The zero-order chi connectivity index (χ0) is 41.3. The van der Waals surface area contributed by atoms with Crippen LogP contribution >= 0.6 is 7.60 Å². The van der Waals surface area contributed by atoms with Gasteiger partial charge in [0.25, 0.3) is 0 Å². The number of aliphatic carboxylic acids is 1. The number of nitrogens with zero attached hydrogens (tertiary/aromatic N) is 1. The second-order valence-corrected chi connectivity index (χ2v) is 16.7. The van der Waals surface area contributed by atoms with Crippen LogP contribution in [0.1, 0.15) is 54.5 Å². The van der Waals surface area contributed by atoms with Gasteiger partial charge in [-0.1, -0.05) is 153 Å². The fourth-order valence-corrected chi connectivity index (χ4v) is 8.46. The van der Waals surface area contributed by atoms with Crippen molar-refractivity contribution in [3.63, 3.8) is 0 Å². The number of nitrogens with two attached hydrogens (primary N) is 1. The van der Waals surface area contributed by atoms with Gasteiger partial charge in [0, 0.05) is 6.42 Å². The maximum Gasteiger partial charge on any atom is 0.348 e. The minimum Gasteiger partial charge on any atom is -0.489 e. The lowest BCUT2D eigenvalue weighted by atomic mass is 9.99. The van der Waals surface area contributed by atoms with Gasteiger partial charge in [0.15, 0.2) is 0 Å². The predicted octanol–water partition coefficient (Wildman–Crippen LogP) is 8.76. The van der Waals surface area contributed by atoms with Crippen molar-refractivity contribution in [3.8, 4) is 5.75 Å². The lowest BCUT2D eigenvalue weighted by molar-refractivity contribution is -0.148. The summed E-state index contributed by atoms with van der Waals surface area (Å²) >= 11 is 0. The van der Waals surface area contributed by atoms with Gasteiger partial charge >= 0.3 is 19.6 Å². The van der Waals surface area contributed by atoms with Crippen LogP contribution in [0.25, 0.3) is 0 Å². The van der Waals surface area contributed by atoms with Crippen molar-refractivity contribution in [3.05, 3.63) is 173 Å². The largest absolute Gasteiger partial charge is 0.489 e. The number of primary amides is 1. The minimum absolute atomic E-state index is 0.0593. The molecule has 0 saturated heterocycles. The molecule has 0 spiro atoms. The molecule has 4 N–H and O–H groups in total. The Kier molecular flexibility index (Phi) is 16.4. The van der Waals surface area contributed by atoms with Gasteiger partial charge in [-0.15, -0.1) is 0 Å². The second-order valence-electron chi connectivity index (χ2n) is 14.4. The molecule has 0 aromatic heterocycles. The molecule has 1 unspecified atom stereocenters. The number of rotatable bonds is 22. The van der Waals surface area contributed by atoms with E-state index in [0.717, 1.165) is 22.3 Å². The molecule has 5 rings (SSSR count). The molecule has 12 heteroatoms. The van der Waals surface area contributed by atoms with E-state index < -0.39 is 43.4 Å². The first kappa shape index (κ1) is 43.5. The number of carbonyl (C=O) groups is 3. The van der Waals surface area contributed by atoms with Crippen LogP contribution in [-0.4, -0.2) is 45.8 Å². The first-order chi connectivity index (χ1) is 28.0. The highest BCUT2D eigenvalue weighted by atomic mass is 31.2. The van der Waals surface area contributed by atoms with Crippen LogP contribution in [0.4, 0.5) is 4.79 Å². The van der Waals surface area contributed by atoms with Crippen LogP contribution in [-0.2, 0) is 55.9 Å². The summed E-state index contributed by atoms with van der Waals surface area (Å²) in [5, 5.41) is 13.7. The summed E-state index contributed by atoms with van der Waals surface area (Å²) in [6, 6.07) is 40.5. The Morgan fingerprint density at radius 2 is 1.16 bits per heavy atom. The van der Waals surface area contributed by atoms with Crippen molar-refractivity contribution in [1.82, 2.24) is 10.2 Å². The standard InChI is InChI=1S/C46H52N3O8P/c1-34(2)29-40(44(50)49(46(47)53)41(45(51)52)30-35-17-7-3-8-18-35)48-43(28-27-39-25-15-16-26-42(39)55-31-36-19-9-4-10-20-36)58(54,56-32-37-21-11-5-12-22-37)57-33-38-23-13-6-14-24-38/h3-26,34,40-41,43,48H,27-33H2,1-2H3,(H2,47,53)(H,51,52)/t40-,41-,43?/m0/s1. The molecule has 0 radical (unpaired) electrons. The molecule has 5 aromatic rings. The van der Waals surface area contributed by atoms with Crippen LogP contribution in [0, 0.1) is 5.92 Å². The molecule has 0 fully saturated rings. The van der Waals surface area contributed by atoms with E-state index in [-0.39, 0.29) is 38.4 Å². The highest BCUT2D eigenvalue weighted by Gasteiger charge is 2.43. The Balaban J connectivity index is 1.52. The van der Waals surface area contributed by atoms with Gasteiger partial charge in [0.05, 0.1) is 19.3 Å². The van der Waals surface area contributed by atoms with Crippen molar-refractivity contribution < 1.29 is 37.8 Å². The van der Waals surface area contributed by atoms with E-state index in [4.69, 9.17) is 19.5 Å². The summed E-state index contributed by atoms with van der Waals surface area (Å²) in [6.07, 6.45) is 0.438. The lowest BCUT2D eigenvalue weighted by Gasteiger charge is -2.34. The zero-order valence-corrected chi connectivity index (χ0v) is 33.8.